The Kier molecular flexibility index (Phi) is 6.52. The van der Waals surface area contributed by atoms with E-state index >= 15 is 0 Å². The number of sulfonamides is 1. The van der Waals surface area contributed by atoms with Crippen LogP contribution >= 0.6 is 7.52 Å². The van der Waals surface area contributed by atoms with Gasteiger partial charge >= 0.3 is 0 Å². The lowest BCUT2D eigenvalue weighted by molar-refractivity contribution is 0.479. The van der Waals surface area contributed by atoms with Crippen LogP contribution in [-0.4, -0.2) is 49.5 Å². The molecule has 12 nitrogen and oxygen atoms in total. The summed E-state index contributed by atoms with van der Waals surface area (Å²) < 4.78 is 40.2. The number of aromatic nitrogens is 6. The molecule has 4 aromatic heterocycles. The summed E-state index contributed by atoms with van der Waals surface area (Å²) in [7, 11) is -8.37. The molecule has 0 bridgehead atoms. The molecule has 0 aliphatic heterocycles. The molecule has 0 aliphatic carbocycles. The van der Waals surface area contributed by atoms with Crippen molar-refractivity contribution < 1.29 is 17.9 Å². The second-order valence-corrected chi connectivity index (χ2v) is 12.0. The summed E-state index contributed by atoms with van der Waals surface area (Å²) in [5.74, 6) is 1.22. The van der Waals surface area contributed by atoms with Crippen LogP contribution in [0.25, 0.3) is 28.0 Å². The minimum atomic E-state index is -4.30. The molecule has 5 aromatic rings. The molecule has 1 aromatic carbocycles. The molecule has 0 saturated heterocycles. The van der Waals surface area contributed by atoms with Crippen LogP contribution in [0.3, 0.4) is 0 Å². The molecule has 0 radical (unpaired) electrons. The van der Waals surface area contributed by atoms with Crippen molar-refractivity contribution in [1.82, 2.24) is 34.0 Å². The molecule has 1 atom stereocenters. The minimum absolute atomic E-state index is 0.187. The van der Waals surface area contributed by atoms with E-state index < -0.39 is 17.5 Å². The van der Waals surface area contributed by atoms with Crippen LogP contribution in [0.4, 0.5) is 5.82 Å². The highest BCUT2D eigenvalue weighted by atomic mass is 32.2. The molecule has 0 amide bonds. The molecule has 0 fully saturated rings. The van der Waals surface area contributed by atoms with Gasteiger partial charge in [-0.25, -0.2) is 27.9 Å². The number of fused-ring (bicyclic) bond motifs is 1. The van der Waals surface area contributed by atoms with Crippen molar-refractivity contribution in [2.24, 2.45) is 0 Å². The Hall–Kier alpha value is -4.03. The lowest BCUT2D eigenvalue weighted by atomic mass is 10.1. The van der Waals surface area contributed by atoms with Crippen LogP contribution in [-0.2, 0) is 21.1 Å². The first-order chi connectivity index (χ1) is 17.7. The van der Waals surface area contributed by atoms with Gasteiger partial charge in [-0.2, -0.15) is 0 Å². The van der Waals surface area contributed by atoms with E-state index in [1.807, 2.05) is 36.4 Å². The highest BCUT2D eigenvalue weighted by Crippen LogP contribution is 2.34. The number of pyridine rings is 1. The van der Waals surface area contributed by atoms with Crippen molar-refractivity contribution in [3.05, 3.63) is 85.3 Å². The van der Waals surface area contributed by atoms with Gasteiger partial charge in [0.2, 0.25) is 10.0 Å². The van der Waals surface area contributed by atoms with E-state index in [1.165, 1.54) is 12.3 Å². The fraction of sp³-hybridized carbons (Fsp3) is 0.0870. The maximum Gasteiger partial charge on any atom is 0.277 e. The van der Waals surface area contributed by atoms with Crippen molar-refractivity contribution in [2.45, 2.75) is 11.4 Å². The molecule has 3 N–H and O–H groups in total. The third kappa shape index (κ3) is 5.54. The monoisotopic (exact) mass is 536 g/mol. The number of benzene rings is 1. The van der Waals surface area contributed by atoms with Crippen molar-refractivity contribution >= 4 is 28.9 Å². The normalized spacial score (nSPS) is 13.4. The fourth-order valence-electron chi connectivity index (χ4n) is 3.67. The Bertz CT molecular complexity index is 1720. The molecule has 188 valence electrons. The number of hydrogen-bond acceptors (Lipinski definition) is 9. The fourth-order valence-corrected chi connectivity index (χ4v) is 6.36. The van der Waals surface area contributed by atoms with E-state index in [2.05, 4.69) is 30.4 Å². The Labute approximate surface area is 212 Å². The summed E-state index contributed by atoms with van der Waals surface area (Å²) in [6, 6.07) is 14.7. The van der Waals surface area contributed by atoms with E-state index in [4.69, 9.17) is 0 Å². The predicted molar refractivity (Wildman–Crippen MR) is 137 cm³/mol. The van der Waals surface area contributed by atoms with Crippen molar-refractivity contribution in [2.75, 3.05) is 12.0 Å². The van der Waals surface area contributed by atoms with Crippen molar-refractivity contribution in [1.29, 1.82) is 0 Å². The highest BCUT2D eigenvalue weighted by molar-refractivity contribution is 7.95. The zero-order valence-electron chi connectivity index (χ0n) is 19.4. The topological polar surface area (TPSA) is 164 Å². The zero-order chi connectivity index (χ0) is 26.0. The quantitative estimate of drug-likeness (QED) is 0.251. The molecule has 0 saturated carbocycles. The standard InChI is InChI=1S/C23H21N8O4PS/c1-36(32,33)30-37(34,35)18-12-17(13-24-14-18)22-28-23(27-15-20-25-9-5-10-26-20)21-19(8-11-31(21)29-22)16-6-3-2-4-7-16/h2-14H,15H2,1H3,(H,27,28,29)(H2,30,32,33). The first-order valence-electron chi connectivity index (χ1n) is 10.9. The van der Waals surface area contributed by atoms with Gasteiger partial charge in [0.1, 0.15) is 16.2 Å². The van der Waals surface area contributed by atoms with E-state index in [-0.39, 0.29) is 17.3 Å². The molecule has 0 aliphatic rings. The van der Waals surface area contributed by atoms with Gasteiger partial charge in [0.05, 0.1) is 6.54 Å². The van der Waals surface area contributed by atoms with Gasteiger partial charge in [0.15, 0.2) is 11.6 Å². The summed E-state index contributed by atoms with van der Waals surface area (Å²) in [6.45, 7) is 1.18. The molecular formula is C23H21N8O4PS. The van der Waals surface area contributed by atoms with Crippen LogP contribution < -0.4 is 9.81 Å². The average molecular weight is 537 g/mol. The van der Waals surface area contributed by atoms with Gasteiger partial charge in [-0.3, -0.25) is 9.55 Å². The lowest BCUT2D eigenvalue weighted by Gasteiger charge is -2.12. The van der Waals surface area contributed by atoms with Crippen LogP contribution in [0.5, 0.6) is 0 Å². The van der Waals surface area contributed by atoms with Crippen LogP contribution in [0.1, 0.15) is 5.82 Å². The Morgan fingerprint density at radius 2 is 1.78 bits per heavy atom. The van der Waals surface area contributed by atoms with Crippen LogP contribution in [0.2, 0.25) is 0 Å². The lowest BCUT2D eigenvalue weighted by Crippen LogP contribution is -2.20. The Morgan fingerprint density at radius 3 is 2.51 bits per heavy atom. The smallest absolute Gasteiger partial charge is 0.277 e. The van der Waals surface area contributed by atoms with Gasteiger partial charge in [0, 0.05) is 48.8 Å². The van der Waals surface area contributed by atoms with Crippen LogP contribution in [0, 0.1) is 0 Å². The predicted octanol–water partition coefficient (Wildman–Crippen LogP) is 2.95. The second kappa shape index (κ2) is 9.79. The van der Waals surface area contributed by atoms with Crippen LogP contribution in [0.15, 0.2) is 84.4 Å². The number of hydrogen-bond donors (Lipinski definition) is 3. The van der Waals surface area contributed by atoms with Crippen molar-refractivity contribution in [3.8, 4) is 22.5 Å². The van der Waals surface area contributed by atoms with E-state index in [9.17, 15) is 17.9 Å². The molecular weight excluding hydrogens is 515 g/mol. The molecule has 37 heavy (non-hydrogen) atoms. The molecule has 0 spiro atoms. The third-order valence-corrected chi connectivity index (χ3v) is 8.36. The maximum absolute atomic E-state index is 12.6. The van der Waals surface area contributed by atoms with Gasteiger partial charge < -0.3 is 10.2 Å². The number of anilines is 1. The van der Waals surface area contributed by atoms with Gasteiger partial charge in [-0.15, -0.1) is 9.59 Å². The Morgan fingerprint density at radius 1 is 1.03 bits per heavy atom. The SMILES string of the molecule is CP(=O)(O)NS(=O)(=O)c1cncc(-c2nc(NCc3ncccn3)c3c(-c4ccccc4)ccn3n2)c1. The number of rotatable bonds is 8. The van der Waals surface area contributed by atoms with Crippen molar-refractivity contribution in [3.63, 3.8) is 0 Å². The van der Waals surface area contributed by atoms with E-state index in [1.54, 1.807) is 33.7 Å². The second-order valence-electron chi connectivity index (χ2n) is 8.07. The summed E-state index contributed by atoms with van der Waals surface area (Å²) in [6.07, 6.45) is 7.56. The van der Waals surface area contributed by atoms with Gasteiger partial charge in [-0.1, -0.05) is 30.3 Å². The summed E-state index contributed by atoms with van der Waals surface area (Å²) in [4.78, 5) is 26.4. The average Bonchev–Trinajstić information content (AvgIpc) is 3.31. The largest absolute Gasteiger partial charge is 0.361 e. The molecule has 4 heterocycles. The van der Waals surface area contributed by atoms with Gasteiger partial charge in [-0.05, 0) is 23.8 Å². The van der Waals surface area contributed by atoms with E-state index in [0.717, 1.165) is 24.0 Å². The van der Waals surface area contributed by atoms with E-state index in [0.29, 0.717) is 22.7 Å². The highest BCUT2D eigenvalue weighted by Gasteiger charge is 2.24. The molecule has 1 unspecified atom stereocenters. The molecule has 5 rings (SSSR count). The summed E-state index contributed by atoms with van der Waals surface area (Å²) in [5, 5.41) is 7.85. The first-order valence-corrected chi connectivity index (χ1v) is 14.5. The zero-order valence-corrected chi connectivity index (χ0v) is 21.1. The maximum atomic E-state index is 12.6. The Balaban J connectivity index is 1.61. The number of nitrogens with zero attached hydrogens (tertiary/aromatic N) is 6. The summed E-state index contributed by atoms with van der Waals surface area (Å²) >= 11 is 0. The minimum Gasteiger partial charge on any atom is -0.361 e. The third-order valence-electron chi connectivity index (χ3n) is 5.20. The molecule has 14 heteroatoms. The van der Waals surface area contributed by atoms with Gasteiger partial charge in [0.25, 0.3) is 7.52 Å². The summed E-state index contributed by atoms with van der Waals surface area (Å²) in [5.41, 5.74) is 2.86. The number of nitrogens with one attached hydrogen (secondary N) is 2. The first kappa shape index (κ1) is 24.7.